The van der Waals surface area contributed by atoms with Crippen LogP contribution in [0.2, 0.25) is 0 Å². The summed E-state index contributed by atoms with van der Waals surface area (Å²) in [4.78, 5) is 6.75. The average molecular weight is 498 g/mol. The minimum Gasteiger partial charge on any atom is -0.486 e. The lowest BCUT2D eigenvalue weighted by molar-refractivity contribution is 0.171. The number of aryl methyl sites for hydroxylation is 1. The van der Waals surface area contributed by atoms with Crippen LogP contribution in [0.3, 0.4) is 0 Å². The van der Waals surface area contributed by atoms with Crippen LogP contribution < -0.4 is 14.8 Å². The molecule has 0 fully saturated rings. The molecule has 1 aromatic heterocycles. The number of hydrogen-bond acceptors (Lipinski definition) is 5. The summed E-state index contributed by atoms with van der Waals surface area (Å²) in [5.74, 6) is 4.04. The molecule has 0 spiro atoms. The van der Waals surface area contributed by atoms with Gasteiger partial charge in [0.1, 0.15) is 25.6 Å². The summed E-state index contributed by atoms with van der Waals surface area (Å²) in [6.07, 6.45) is 1.81. The molecule has 0 saturated carbocycles. The molecule has 1 N–H and O–H groups in total. The Morgan fingerprint density at radius 2 is 2.07 bits per heavy atom. The van der Waals surface area contributed by atoms with Crippen molar-refractivity contribution in [2.24, 2.45) is 12.0 Å². The summed E-state index contributed by atoms with van der Waals surface area (Å²) in [5.41, 5.74) is 1.12. The Morgan fingerprint density at radius 3 is 2.75 bits per heavy atom. The first-order valence-electron chi connectivity index (χ1n) is 8.92. The van der Waals surface area contributed by atoms with Gasteiger partial charge in [0.2, 0.25) is 0 Å². The SMILES string of the molecule is C=CCNC(=NCc1nnc(C)n1C)N(C)Cc1ccc2c(c1)OCCO2.I. The normalized spacial score (nSPS) is 12.9. The lowest BCUT2D eigenvalue weighted by Gasteiger charge is -2.24. The number of ether oxygens (including phenoxy) is 2. The van der Waals surface area contributed by atoms with Crippen molar-refractivity contribution in [2.45, 2.75) is 20.0 Å². The number of guanidine groups is 1. The maximum atomic E-state index is 5.67. The quantitative estimate of drug-likeness (QED) is 0.285. The van der Waals surface area contributed by atoms with Crippen molar-refractivity contribution < 1.29 is 9.47 Å². The molecular formula is C19H27IN6O2. The molecule has 1 aliphatic heterocycles. The van der Waals surface area contributed by atoms with E-state index in [1.807, 2.05) is 43.8 Å². The topological polar surface area (TPSA) is 76.8 Å². The summed E-state index contributed by atoms with van der Waals surface area (Å²) < 4.78 is 13.2. The predicted octanol–water partition coefficient (Wildman–Crippen LogP) is 2.28. The van der Waals surface area contributed by atoms with Crippen LogP contribution in [0.15, 0.2) is 35.8 Å². The van der Waals surface area contributed by atoms with Gasteiger partial charge in [-0.25, -0.2) is 4.99 Å². The van der Waals surface area contributed by atoms with E-state index in [-0.39, 0.29) is 24.0 Å². The van der Waals surface area contributed by atoms with Gasteiger partial charge >= 0.3 is 0 Å². The van der Waals surface area contributed by atoms with E-state index < -0.39 is 0 Å². The van der Waals surface area contributed by atoms with Crippen molar-refractivity contribution >= 4 is 29.9 Å². The number of hydrogen-bond donors (Lipinski definition) is 1. The van der Waals surface area contributed by atoms with Gasteiger partial charge in [0.25, 0.3) is 0 Å². The molecule has 0 bridgehead atoms. The van der Waals surface area contributed by atoms with Gasteiger partial charge in [0.15, 0.2) is 23.3 Å². The number of fused-ring (bicyclic) bond motifs is 1. The lowest BCUT2D eigenvalue weighted by atomic mass is 10.2. The third kappa shape index (κ3) is 5.37. The fourth-order valence-electron chi connectivity index (χ4n) is 2.74. The molecule has 0 atom stereocenters. The zero-order chi connectivity index (χ0) is 19.2. The van der Waals surface area contributed by atoms with Crippen LogP contribution in [-0.2, 0) is 20.1 Å². The fraction of sp³-hybridized carbons (Fsp3) is 0.421. The Balaban J connectivity index is 0.00000280. The Morgan fingerprint density at radius 1 is 1.32 bits per heavy atom. The summed E-state index contributed by atoms with van der Waals surface area (Å²) >= 11 is 0. The zero-order valence-corrected chi connectivity index (χ0v) is 18.8. The third-order valence-electron chi connectivity index (χ3n) is 4.35. The van der Waals surface area contributed by atoms with Crippen LogP contribution >= 0.6 is 24.0 Å². The minimum atomic E-state index is 0. The number of rotatable bonds is 6. The largest absolute Gasteiger partial charge is 0.486 e. The maximum absolute atomic E-state index is 5.67. The second-order valence-corrected chi connectivity index (χ2v) is 6.37. The highest BCUT2D eigenvalue weighted by molar-refractivity contribution is 14.0. The van der Waals surface area contributed by atoms with E-state index in [0.717, 1.165) is 34.7 Å². The summed E-state index contributed by atoms with van der Waals surface area (Å²) in [6, 6.07) is 6.01. The minimum absolute atomic E-state index is 0. The summed E-state index contributed by atoms with van der Waals surface area (Å²) in [6.45, 7) is 8.61. The Hall–Kier alpha value is -2.30. The number of nitrogens with one attached hydrogen (secondary N) is 1. The van der Waals surface area contributed by atoms with Crippen LogP contribution in [0.4, 0.5) is 0 Å². The van der Waals surface area contributed by atoms with E-state index in [2.05, 4.69) is 27.0 Å². The summed E-state index contributed by atoms with van der Waals surface area (Å²) in [7, 11) is 3.93. The van der Waals surface area contributed by atoms with Crippen molar-refractivity contribution in [1.29, 1.82) is 0 Å². The molecule has 28 heavy (non-hydrogen) atoms. The molecule has 1 aliphatic rings. The number of halogens is 1. The van der Waals surface area contributed by atoms with Crippen molar-refractivity contribution in [1.82, 2.24) is 25.0 Å². The predicted molar refractivity (Wildman–Crippen MR) is 119 cm³/mol. The van der Waals surface area contributed by atoms with Crippen LogP contribution in [0.1, 0.15) is 17.2 Å². The van der Waals surface area contributed by atoms with Crippen LogP contribution in [0, 0.1) is 6.92 Å². The standard InChI is InChI=1S/C19H26N6O2.HI/c1-5-8-20-19(21-12-18-23-22-14(2)25(18)4)24(3)13-15-6-7-16-17(11-15)27-10-9-26-16;/h5-7,11H,1,8-10,12-13H2,2-4H3,(H,20,21);1H. The third-order valence-corrected chi connectivity index (χ3v) is 4.35. The molecule has 0 amide bonds. The fourth-order valence-corrected chi connectivity index (χ4v) is 2.74. The van der Waals surface area contributed by atoms with Crippen molar-refractivity contribution in [3.05, 3.63) is 48.1 Å². The first kappa shape index (κ1) is 22.0. The molecule has 0 unspecified atom stereocenters. The smallest absolute Gasteiger partial charge is 0.194 e. The molecule has 0 saturated heterocycles. The molecular weight excluding hydrogens is 471 g/mol. The molecule has 2 heterocycles. The van der Waals surface area contributed by atoms with Gasteiger partial charge in [-0.2, -0.15) is 0 Å². The first-order chi connectivity index (χ1) is 13.1. The number of aliphatic imine (C=N–C) groups is 1. The highest BCUT2D eigenvalue weighted by Crippen LogP contribution is 2.31. The van der Waals surface area contributed by atoms with Gasteiger partial charge in [-0.05, 0) is 24.6 Å². The van der Waals surface area contributed by atoms with Crippen molar-refractivity contribution in [3.63, 3.8) is 0 Å². The average Bonchev–Trinajstić information content (AvgIpc) is 3.00. The van der Waals surface area contributed by atoms with Gasteiger partial charge in [0.05, 0.1) is 0 Å². The van der Waals surface area contributed by atoms with Gasteiger partial charge < -0.3 is 24.3 Å². The van der Waals surface area contributed by atoms with Crippen molar-refractivity contribution in [2.75, 3.05) is 26.8 Å². The Bertz CT molecular complexity index is 836. The molecule has 2 aromatic rings. The zero-order valence-electron chi connectivity index (χ0n) is 16.5. The van der Waals surface area contributed by atoms with Crippen molar-refractivity contribution in [3.8, 4) is 11.5 Å². The Labute approximate surface area is 182 Å². The molecule has 9 heteroatoms. The molecule has 3 rings (SSSR count). The highest BCUT2D eigenvalue weighted by atomic mass is 127. The van der Waals surface area contributed by atoms with Gasteiger partial charge in [-0.15, -0.1) is 40.8 Å². The number of benzene rings is 1. The van der Waals surface area contributed by atoms with Crippen LogP contribution in [-0.4, -0.2) is 52.4 Å². The van der Waals surface area contributed by atoms with E-state index >= 15 is 0 Å². The molecule has 0 radical (unpaired) electrons. The van der Waals surface area contributed by atoms with Gasteiger partial charge in [-0.1, -0.05) is 12.1 Å². The molecule has 8 nitrogen and oxygen atoms in total. The monoisotopic (exact) mass is 498 g/mol. The van der Waals surface area contributed by atoms with Crippen LogP contribution in [0.25, 0.3) is 0 Å². The second-order valence-electron chi connectivity index (χ2n) is 6.37. The molecule has 152 valence electrons. The lowest BCUT2D eigenvalue weighted by Crippen LogP contribution is -2.38. The van der Waals surface area contributed by atoms with E-state index in [9.17, 15) is 0 Å². The Kier molecular flexibility index (Phi) is 8.09. The molecule has 1 aromatic carbocycles. The van der Waals surface area contributed by atoms with E-state index in [4.69, 9.17) is 14.5 Å². The van der Waals surface area contributed by atoms with Gasteiger partial charge in [0, 0.05) is 27.2 Å². The number of nitrogens with zero attached hydrogens (tertiary/aromatic N) is 5. The summed E-state index contributed by atoms with van der Waals surface area (Å²) in [5, 5.41) is 11.5. The van der Waals surface area contributed by atoms with E-state index in [1.165, 1.54) is 0 Å². The van der Waals surface area contributed by atoms with E-state index in [1.54, 1.807) is 6.08 Å². The second kappa shape index (κ2) is 10.3. The van der Waals surface area contributed by atoms with Crippen LogP contribution in [0.5, 0.6) is 11.5 Å². The number of aromatic nitrogens is 3. The molecule has 0 aliphatic carbocycles. The first-order valence-corrected chi connectivity index (χ1v) is 8.92. The van der Waals surface area contributed by atoms with Gasteiger partial charge in [-0.3, -0.25) is 0 Å². The maximum Gasteiger partial charge on any atom is 0.194 e. The van der Waals surface area contributed by atoms with E-state index in [0.29, 0.717) is 32.8 Å². The highest BCUT2D eigenvalue weighted by Gasteiger charge is 2.14.